The molecule has 3 aromatic rings. The number of benzene rings is 1. The van der Waals surface area contributed by atoms with Gasteiger partial charge in [0, 0.05) is 11.1 Å². The molecule has 0 saturated heterocycles. The summed E-state index contributed by atoms with van der Waals surface area (Å²) >= 11 is 7.28. The molecule has 2 aromatic heterocycles. The molecule has 0 aliphatic rings. The average Bonchev–Trinajstić information content (AvgIpc) is 2.85. The molecule has 0 atom stereocenters. The predicted molar refractivity (Wildman–Crippen MR) is 73.2 cm³/mol. The van der Waals surface area contributed by atoms with Gasteiger partial charge in [-0.15, -0.1) is 0 Å². The van der Waals surface area contributed by atoms with Gasteiger partial charge in [0.1, 0.15) is 0 Å². The SMILES string of the molecule is Nc1nc2cccc(Cl)c2n1Cc1csc(=O)[nH]1. The molecular formula is C11H9ClN4OS. The van der Waals surface area contributed by atoms with Crippen molar-refractivity contribution >= 4 is 39.9 Å². The monoisotopic (exact) mass is 280 g/mol. The topological polar surface area (TPSA) is 76.7 Å². The van der Waals surface area contributed by atoms with Gasteiger partial charge in [-0.3, -0.25) is 4.79 Å². The van der Waals surface area contributed by atoms with E-state index in [-0.39, 0.29) is 4.87 Å². The molecule has 92 valence electrons. The zero-order chi connectivity index (χ0) is 12.7. The molecule has 5 nitrogen and oxygen atoms in total. The molecule has 3 rings (SSSR count). The maximum absolute atomic E-state index is 11.1. The highest BCUT2D eigenvalue weighted by molar-refractivity contribution is 7.07. The molecule has 2 heterocycles. The standard InChI is InChI=1S/C11H9ClN4OS/c12-7-2-1-3-8-9(7)16(10(13)15-8)4-6-5-18-11(17)14-6/h1-3,5H,4H2,(H2,13,15)(H,14,17). The Labute approximate surface area is 111 Å². The normalized spacial score (nSPS) is 11.2. The maximum Gasteiger partial charge on any atom is 0.304 e. The highest BCUT2D eigenvalue weighted by Crippen LogP contribution is 2.26. The lowest BCUT2D eigenvalue weighted by Gasteiger charge is -2.05. The second-order valence-corrected chi connectivity index (χ2v) is 5.09. The number of halogens is 1. The number of aromatic nitrogens is 3. The van der Waals surface area contributed by atoms with Gasteiger partial charge in [0.15, 0.2) is 0 Å². The van der Waals surface area contributed by atoms with E-state index in [0.717, 1.165) is 28.1 Å². The minimum absolute atomic E-state index is 0.0842. The third kappa shape index (κ3) is 1.79. The van der Waals surface area contributed by atoms with E-state index in [2.05, 4.69) is 9.97 Å². The van der Waals surface area contributed by atoms with Crippen molar-refractivity contribution in [3.8, 4) is 0 Å². The molecule has 1 aromatic carbocycles. The van der Waals surface area contributed by atoms with Crippen LogP contribution in [0.2, 0.25) is 5.02 Å². The number of aromatic amines is 1. The van der Waals surface area contributed by atoms with Crippen LogP contribution in [0, 0.1) is 0 Å². The maximum atomic E-state index is 11.1. The summed E-state index contributed by atoms with van der Waals surface area (Å²) in [5.74, 6) is 0.380. The van der Waals surface area contributed by atoms with Crippen molar-refractivity contribution in [1.82, 2.24) is 14.5 Å². The van der Waals surface area contributed by atoms with Crippen molar-refractivity contribution in [2.75, 3.05) is 5.73 Å². The number of fused-ring (bicyclic) bond motifs is 1. The Morgan fingerprint density at radius 3 is 3.06 bits per heavy atom. The molecular weight excluding hydrogens is 272 g/mol. The zero-order valence-corrected chi connectivity index (χ0v) is 10.8. The predicted octanol–water partition coefficient (Wildman–Crippen LogP) is 2.07. The largest absolute Gasteiger partial charge is 0.369 e. The molecule has 0 unspecified atom stereocenters. The van der Waals surface area contributed by atoms with Crippen molar-refractivity contribution < 1.29 is 0 Å². The highest BCUT2D eigenvalue weighted by atomic mass is 35.5. The average molecular weight is 281 g/mol. The first-order valence-corrected chi connectivity index (χ1v) is 6.48. The Hall–Kier alpha value is -1.79. The molecule has 0 radical (unpaired) electrons. The number of anilines is 1. The molecule has 0 spiro atoms. The van der Waals surface area contributed by atoms with Gasteiger partial charge < -0.3 is 15.3 Å². The Bertz CT molecular complexity index is 773. The first-order valence-electron chi connectivity index (χ1n) is 5.22. The van der Waals surface area contributed by atoms with Crippen LogP contribution < -0.4 is 10.6 Å². The van der Waals surface area contributed by atoms with Crippen LogP contribution in [-0.4, -0.2) is 14.5 Å². The van der Waals surface area contributed by atoms with Crippen molar-refractivity contribution in [3.05, 3.63) is 44.0 Å². The van der Waals surface area contributed by atoms with E-state index in [1.807, 2.05) is 12.1 Å². The number of hydrogen-bond acceptors (Lipinski definition) is 4. The zero-order valence-electron chi connectivity index (χ0n) is 9.18. The molecule has 0 amide bonds. The molecule has 3 N–H and O–H groups in total. The summed E-state index contributed by atoms with van der Waals surface area (Å²) < 4.78 is 1.79. The van der Waals surface area contributed by atoms with Gasteiger partial charge in [-0.25, -0.2) is 4.98 Å². The van der Waals surface area contributed by atoms with E-state index >= 15 is 0 Å². The number of nitrogens with two attached hydrogens (primary N) is 1. The van der Waals surface area contributed by atoms with Gasteiger partial charge in [0.25, 0.3) is 0 Å². The third-order valence-corrected chi connectivity index (χ3v) is 3.67. The minimum atomic E-state index is -0.0842. The fourth-order valence-electron chi connectivity index (χ4n) is 1.88. The van der Waals surface area contributed by atoms with Gasteiger partial charge in [0.05, 0.1) is 22.6 Å². The molecule has 0 saturated carbocycles. The van der Waals surface area contributed by atoms with E-state index in [9.17, 15) is 4.79 Å². The second-order valence-electron chi connectivity index (χ2n) is 3.84. The number of para-hydroxylation sites is 1. The summed E-state index contributed by atoms with van der Waals surface area (Å²) in [4.78, 5) is 18.0. The van der Waals surface area contributed by atoms with Crippen LogP contribution in [0.1, 0.15) is 5.69 Å². The fourth-order valence-corrected chi connectivity index (χ4v) is 2.73. The Kier molecular flexibility index (Phi) is 2.61. The van der Waals surface area contributed by atoms with Crippen LogP contribution in [0.15, 0.2) is 28.4 Å². The summed E-state index contributed by atoms with van der Waals surface area (Å²) in [5, 5.41) is 2.36. The lowest BCUT2D eigenvalue weighted by molar-refractivity contribution is 0.814. The Morgan fingerprint density at radius 2 is 2.33 bits per heavy atom. The number of H-pyrrole nitrogens is 1. The van der Waals surface area contributed by atoms with E-state index < -0.39 is 0 Å². The number of hydrogen-bond donors (Lipinski definition) is 2. The lowest BCUT2D eigenvalue weighted by Crippen LogP contribution is -2.06. The Balaban J connectivity index is 2.16. The minimum Gasteiger partial charge on any atom is -0.369 e. The molecule has 18 heavy (non-hydrogen) atoms. The molecule has 7 heteroatoms. The number of rotatable bonds is 2. The van der Waals surface area contributed by atoms with E-state index in [1.165, 1.54) is 0 Å². The second kappa shape index (κ2) is 4.15. The number of imidazole rings is 1. The Morgan fingerprint density at radius 1 is 1.50 bits per heavy atom. The highest BCUT2D eigenvalue weighted by Gasteiger charge is 2.12. The summed E-state index contributed by atoms with van der Waals surface area (Å²) in [5.41, 5.74) is 8.20. The van der Waals surface area contributed by atoms with E-state index in [0.29, 0.717) is 17.5 Å². The molecule has 0 aliphatic heterocycles. The number of thiazole rings is 1. The summed E-state index contributed by atoms with van der Waals surface area (Å²) in [6.45, 7) is 0.449. The van der Waals surface area contributed by atoms with Gasteiger partial charge in [0.2, 0.25) is 5.95 Å². The third-order valence-electron chi connectivity index (χ3n) is 2.65. The molecule has 0 bridgehead atoms. The van der Waals surface area contributed by atoms with Gasteiger partial charge in [-0.2, -0.15) is 0 Å². The van der Waals surface area contributed by atoms with Crippen molar-refractivity contribution in [2.45, 2.75) is 6.54 Å². The van der Waals surface area contributed by atoms with Crippen molar-refractivity contribution in [2.24, 2.45) is 0 Å². The van der Waals surface area contributed by atoms with E-state index in [1.54, 1.807) is 16.0 Å². The van der Waals surface area contributed by atoms with Gasteiger partial charge in [-0.05, 0) is 12.1 Å². The van der Waals surface area contributed by atoms with Gasteiger partial charge >= 0.3 is 4.87 Å². The smallest absolute Gasteiger partial charge is 0.304 e. The first kappa shape index (κ1) is 11.3. The summed E-state index contributed by atoms with van der Waals surface area (Å²) in [6.07, 6.45) is 0. The number of nitrogens with one attached hydrogen (secondary N) is 1. The van der Waals surface area contributed by atoms with Gasteiger partial charge in [-0.1, -0.05) is 29.0 Å². The quantitative estimate of drug-likeness (QED) is 0.754. The van der Waals surface area contributed by atoms with Crippen molar-refractivity contribution in [1.29, 1.82) is 0 Å². The lowest BCUT2D eigenvalue weighted by atomic mass is 10.3. The summed E-state index contributed by atoms with van der Waals surface area (Å²) in [6, 6.07) is 5.47. The van der Waals surface area contributed by atoms with Crippen LogP contribution in [-0.2, 0) is 6.54 Å². The van der Waals surface area contributed by atoms with Crippen molar-refractivity contribution in [3.63, 3.8) is 0 Å². The van der Waals surface area contributed by atoms with Crippen LogP contribution >= 0.6 is 22.9 Å². The van der Waals surface area contributed by atoms with Crippen LogP contribution in [0.5, 0.6) is 0 Å². The number of nitrogens with zero attached hydrogens (tertiary/aromatic N) is 2. The van der Waals surface area contributed by atoms with E-state index in [4.69, 9.17) is 17.3 Å². The van der Waals surface area contributed by atoms with Crippen LogP contribution in [0.4, 0.5) is 5.95 Å². The fraction of sp³-hybridized carbons (Fsp3) is 0.0909. The van der Waals surface area contributed by atoms with Crippen LogP contribution in [0.25, 0.3) is 11.0 Å². The molecule has 0 aliphatic carbocycles. The summed E-state index contributed by atoms with van der Waals surface area (Å²) in [7, 11) is 0. The van der Waals surface area contributed by atoms with Crippen LogP contribution in [0.3, 0.4) is 0 Å². The molecule has 0 fully saturated rings. The first-order chi connectivity index (χ1) is 8.65. The number of nitrogen functional groups attached to an aromatic ring is 1.